The number of methoxy groups -OCH3 is 1. The van der Waals surface area contributed by atoms with Crippen LogP contribution in [0.3, 0.4) is 0 Å². The van der Waals surface area contributed by atoms with Crippen LogP contribution in [-0.4, -0.2) is 92.1 Å². The Bertz CT molecular complexity index is 1010. The summed E-state index contributed by atoms with van der Waals surface area (Å²) in [6, 6.07) is 4.45. The van der Waals surface area contributed by atoms with Crippen LogP contribution >= 0.6 is 0 Å². The van der Waals surface area contributed by atoms with Gasteiger partial charge >= 0.3 is 11.9 Å². The molecule has 1 aromatic rings. The van der Waals surface area contributed by atoms with Gasteiger partial charge in [-0.1, -0.05) is 0 Å². The second-order valence-electron chi connectivity index (χ2n) is 9.91. The summed E-state index contributed by atoms with van der Waals surface area (Å²) in [5.74, 6) is -2.29. The molecule has 2 atom stereocenters. The molecular formula is C27H38N4O8. The van der Waals surface area contributed by atoms with Crippen LogP contribution in [0.2, 0.25) is 0 Å². The number of piperidine rings is 2. The van der Waals surface area contributed by atoms with Crippen molar-refractivity contribution in [1.29, 1.82) is 0 Å². The molecule has 1 aromatic carbocycles. The van der Waals surface area contributed by atoms with E-state index in [9.17, 15) is 29.1 Å². The van der Waals surface area contributed by atoms with E-state index in [1.165, 1.54) is 31.4 Å². The first-order valence-corrected chi connectivity index (χ1v) is 13.4. The molecule has 3 amide bonds. The standard InChI is InChI=1S/C27H38N4O8/c1-38-24(33)17-39-21-7-5-19(6-8-21)26(35)30-22(27(36)37)15-29-25(34)20-3-2-14-31(16-20)23(32)9-4-18-10-12-28-13-11-18/h5-8,18,20,22,28H,2-4,9-17H2,1H3,(H,29,34)(H,30,35)(H,36,37)/t20-,22-/m1/s1. The zero-order valence-electron chi connectivity index (χ0n) is 22.3. The lowest BCUT2D eigenvalue weighted by Crippen LogP contribution is -2.51. The molecule has 0 aliphatic carbocycles. The van der Waals surface area contributed by atoms with E-state index in [1.807, 2.05) is 0 Å². The smallest absolute Gasteiger partial charge is 0.343 e. The first kappa shape index (κ1) is 29.9. The minimum Gasteiger partial charge on any atom is -0.482 e. The van der Waals surface area contributed by atoms with E-state index in [0.717, 1.165) is 32.4 Å². The SMILES string of the molecule is COC(=O)COc1ccc(C(=O)N[C@H](CNC(=O)[C@@H]2CCCN(C(=O)CCC3CCNCC3)C2)C(=O)O)cc1. The molecule has 0 saturated carbocycles. The Balaban J connectivity index is 1.45. The normalized spacial score (nSPS) is 18.5. The summed E-state index contributed by atoms with van der Waals surface area (Å²) in [5.41, 5.74) is 0.184. The van der Waals surface area contributed by atoms with E-state index in [1.54, 1.807) is 4.90 Å². The summed E-state index contributed by atoms with van der Waals surface area (Å²) in [6.45, 7) is 2.33. The van der Waals surface area contributed by atoms with Gasteiger partial charge < -0.3 is 35.4 Å². The second-order valence-corrected chi connectivity index (χ2v) is 9.91. The number of carbonyl (C=O) groups excluding carboxylic acids is 4. The monoisotopic (exact) mass is 546 g/mol. The molecule has 3 rings (SSSR count). The van der Waals surface area contributed by atoms with E-state index in [0.29, 0.717) is 44.0 Å². The quantitative estimate of drug-likeness (QED) is 0.274. The van der Waals surface area contributed by atoms with Crippen molar-refractivity contribution in [2.24, 2.45) is 11.8 Å². The van der Waals surface area contributed by atoms with Crippen molar-refractivity contribution in [3.05, 3.63) is 29.8 Å². The first-order chi connectivity index (χ1) is 18.8. The Kier molecular flexibility index (Phi) is 11.5. The van der Waals surface area contributed by atoms with Crippen LogP contribution < -0.4 is 20.7 Å². The van der Waals surface area contributed by atoms with Crippen LogP contribution in [0.5, 0.6) is 5.75 Å². The number of aliphatic carboxylic acids is 1. The number of carboxylic acid groups (broad SMARTS) is 1. The molecule has 0 unspecified atom stereocenters. The number of rotatable bonds is 12. The fourth-order valence-electron chi connectivity index (χ4n) is 4.77. The van der Waals surface area contributed by atoms with Crippen LogP contribution in [0.4, 0.5) is 0 Å². The molecule has 0 spiro atoms. The van der Waals surface area contributed by atoms with Crippen LogP contribution in [0.1, 0.15) is 48.9 Å². The predicted octanol–water partition coefficient (Wildman–Crippen LogP) is 0.556. The Hall–Kier alpha value is -3.67. The highest BCUT2D eigenvalue weighted by Gasteiger charge is 2.30. The molecule has 12 nitrogen and oxygen atoms in total. The minimum absolute atomic E-state index is 0.0587. The van der Waals surface area contributed by atoms with Gasteiger partial charge in [-0.25, -0.2) is 9.59 Å². The fourth-order valence-corrected chi connectivity index (χ4v) is 4.77. The average molecular weight is 547 g/mol. The third kappa shape index (κ3) is 9.54. The van der Waals surface area contributed by atoms with Gasteiger partial charge in [0.05, 0.1) is 13.0 Å². The fraction of sp³-hybridized carbons (Fsp3) is 0.593. The summed E-state index contributed by atoms with van der Waals surface area (Å²) >= 11 is 0. The number of hydrogen-bond donors (Lipinski definition) is 4. The third-order valence-electron chi connectivity index (χ3n) is 7.15. The van der Waals surface area contributed by atoms with Crippen LogP contribution in [0.25, 0.3) is 0 Å². The van der Waals surface area contributed by atoms with Gasteiger partial charge in [-0.05, 0) is 75.4 Å². The maximum absolute atomic E-state index is 12.8. The van der Waals surface area contributed by atoms with Crippen LogP contribution in [0, 0.1) is 11.8 Å². The molecule has 39 heavy (non-hydrogen) atoms. The third-order valence-corrected chi connectivity index (χ3v) is 7.15. The summed E-state index contributed by atoms with van der Waals surface area (Å²) in [6.07, 6.45) is 4.81. The number of carbonyl (C=O) groups is 5. The molecule has 2 fully saturated rings. The summed E-state index contributed by atoms with van der Waals surface area (Å²) < 4.78 is 9.72. The topological polar surface area (TPSA) is 163 Å². The molecule has 4 N–H and O–H groups in total. The van der Waals surface area contributed by atoms with E-state index in [4.69, 9.17) is 4.74 Å². The Morgan fingerprint density at radius 1 is 1.10 bits per heavy atom. The van der Waals surface area contributed by atoms with Gasteiger partial charge in [0.1, 0.15) is 11.8 Å². The number of esters is 1. The van der Waals surface area contributed by atoms with Crippen molar-refractivity contribution in [2.75, 3.05) is 46.4 Å². The van der Waals surface area contributed by atoms with Gasteiger partial charge in [0.2, 0.25) is 11.8 Å². The largest absolute Gasteiger partial charge is 0.482 e. The number of amides is 3. The van der Waals surface area contributed by atoms with Crippen molar-refractivity contribution >= 4 is 29.7 Å². The average Bonchev–Trinajstić information content (AvgIpc) is 2.97. The van der Waals surface area contributed by atoms with Gasteiger partial charge in [-0.15, -0.1) is 0 Å². The summed E-state index contributed by atoms with van der Waals surface area (Å²) in [4.78, 5) is 62.8. The zero-order valence-corrected chi connectivity index (χ0v) is 22.3. The lowest BCUT2D eigenvalue weighted by molar-refractivity contribution is -0.143. The maximum Gasteiger partial charge on any atom is 0.343 e. The van der Waals surface area contributed by atoms with E-state index >= 15 is 0 Å². The lowest BCUT2D eigenvalue weighted by atomic mass is 9.92. The number of carboxylic acids is 1. The molecule has 2 heterocycles. The molecule has 0 aromatic heterocycles. The number of nitrogens with one attached hydrogen (secondary N) is 3. The molecule has 2 saturated heterocycles. The molecule has 0 bridgehead atoms. The van der Waals surface area contributed by atoms with Gasteiger partial charge in [-0.2, -0.15) is 0 Å². The molecule has 2 aliphatic rings. The van der Waals surface area contributed by atoms with E-state index in [2.05, 4.69) is 20.7 Å². The summed E-state index contributed by atoms with van der Waals surface area (Å²) in [7, 11) is 1.24. The number of likely N-dealkylation sites (tertiary alicyclic amines) is 1. The van der Waals surface area contributed by atoms with Gasteiger partial charge in [0.15, 0.2) is 6.61 Å². The molecule has 214 valence electrons. The first-order valence-electron chi connectivity index (χ1n) is 13.4. The molecule has 0 radical (unpaired) electrons. The Labute approximate surface area is 227 Å². The highest BCUT2D eigenvalue weighted by molar-refractivity contribution is 5.97. The zero-order chi connectivity index (χ0) is 28.2. The lowest BCUT2D eigenvalue weighted by Gasteiger charge is -2.33. The molecular weight excluding hydrogens is 508 g/mol. The Morgan fingerprint density at radius 2 is 1.82 bits per heavy atom. The highest BCUT2D eigenvalue weighted by Crippen LogP contribution is 2.21. The van der Waals surface area contributed by atoms with Crippen molar-refractivity contribution in [1.82, 2.24) is 20.9 Å². The molecule has 12 heteroatoms. The van der Waals surface area contributed by atoms with Gasteiger partial charge in [0.25, 0.3) is 5.91 Å². The van der Waals surface area contributed by atoms with Crippen molar-refractivity contribution in [3.63, 3.8) is 0 Å². The van der Waals surface area contributed by atoms with Gasteiger partial charge in [-0.3, -0.25) is 14.4 Å². The van der Waals surface area contributed by atoms with Crippen molar-refractivity contribution < 1.29 is 38.6 Å². The number of benzene rings is 1. The van der Waals surface area contributed by atoms with E-state index < -0.39 is 29.8 Å². The summed E-state index contributed by atoms with van der Waals surface area (Å²) in [5, 5.41) is 17.9. The number of ether oxygens (including phenoxy) is 2. The number of nitrogens with zero attached hydrogens (tertiary/aromatic N) is 1. The van der Waals surface area contributed by atoms with Crippen LogP contribution in [0.15, 0.2) is 24.3 Å². The van der Waals surface area contributed by atoms with E-state index in [-0.39, 0.29) is 30.5 Å². The van der Waals surface area contributed by atoms with Crippen molar-refractivity contribution in [3.8, 4) is 5.75 Å². The highest BCUT2D eigenvalue weighted by atomic mass is 16.6. The number of hydrogen-bond acceptors (Lipinski definition) is 8. The van der Waals surface area contributed by atoms with Crippen molar-refractivity contribution in [2.45, 2.75) is 44.6 Å². The second kappa shape index (κ2) is 15.1. The van der Waals surface area contributed by atoms with Gasteiger partial charge in [0, 0.05) is 31.6 Å². The minimum atomic E-state index is -1.34. The Morgan fingerprint density at radius 3 is 2.49 bits per heavy atom. The van der Waals surface area contributed by atoms with Crippen LogP contribution in [-0.2, 0) is 23.9 Å². The maximum atomic E-state index is 12.8. The predicted molar refractivity (Wildman–Crippen MR) is 140 cm³/mol. The molecule has 2 aliphatic heterocycles.